The third-order valence-corrected chi connectivity index (χ3v) is 5.52. The maximum atomic E-state index is 12.2. The summed E-state index contributed by atoms with van der Waals surface area (Å²) in [6.07, 6.45) is 1.11. The standard InChI is InChI=1S/C23H22N4O2S/c28-21(14-16-6-8-17(9-7-16)18-10-13-30-15-18)24-11-3-12-25-22-19-4-1-2-5-20(19)23(29)27-26-22/h1-2,4-10,13,15H,3,11-12,14H2,(H,24,28)(H,25,26)(H,27,29). The zero-order valence-corrected chi connectivity index (χ0v) is 17.2. The van der Waals surface area contributed by atoms with Gasteiger partial charge in [0, 0.05) is 18.5 Å². The first-order valence-electron chi connectivity index (χ1n) is 9.80. The van der Waals surface area contributed by atoms with Gasteiger partial charge in [0.15, 0.2) is 5.82 Å². The first-order chi connectivity index (χ1) is 14.7. The second kappa shape index (κ2) is 9.37. The van der Waals surface area contributed by atoms with Crippen LogP contribution in [-0.4, -0.2) is 29.2 Å². The number of nitrogens with one attached hydrogen (secondary N) is 3. The van der Waals surface area contributed by atoms with Crippen LogP contribution >= 0.6 is 11.3 Å². The molecule has 0 bridgehead atoms. The van der Waals surface area contributed by atoms with Crippen molar-refractivity contribution in [3.63, 3.8) is 0 Å². The highest BCUT2D eigenvalue weighted by Crippen LogP contribution is 2.22. The van der Waals surface area contributed by atoms with Gasteiger partial charge in [-0.2, -0.15) is 16.4 Å². The first-order valence-corrected chi connectivity index (χ1v) is 10.7. The molecule has 2 aromatic carbocycles. The van der Waals surface area contributed by atoms with Crippen molar-refractivity contribution in [3.05, 3.63) is 81.3 Å². The van der Waals surface area contributed by atoms with Gasteiger partial charge in [-0.3, -0.25) is 9.59 Å². The van der Waals surface area contributed by atoms with Gasteiger partial charge in [-0.25, -0.2) is 5.10 Å². The molecule has 0 fully saturated rings. The van der Waals surface area contributed by atoms with Crippen LogP contribution in [0.4, 0.5) is 5.82 Å². The quantitative estimate of drug-likeness (QED) is 0.380. The largest absolute Gasteiger partial charge is 0.368 e. The first kappa shape index (κ1) is 19.8. The van der Waals surface area contributed by atoms with Crippen LogP contribution in [0, 0.1) is 0 Å². The SMILES string of the molecule is O=C(Cc1ccc(-c2ccsc2)cc1)NCCCNc1n[nH]c(=O)c2ccccc12. The number of carbonyl (C=O) groups excluding carboxylic acids is 1. The van der Waals surface area contributed by atoms with E-state index in [4.69, 9.17) is 0 Å². The molecule has 0 aliphatic rings. The predicted octanol–water partition coefficient (Wildman–Crippen LogP) is 3.81. The van der Waals surface area contributed by atoms with E-state index in [1.165, 1.54) is 5.56 Å². The maximum absolute atomic E-state index is 12.2. The molecule has 4 aromatic rings. The number of hydrogen-bond acceptors (Lipinski definition) is 5. The number of aromatic amines is 1. The summed E-state index contributed by atoms with van der Waals surface area (Å²) in [5, 5.41) is 18.3. The number of hydrogen-bond donors (Lipinski definition) is 3. The number of anilines is 1. The zero-order chi connectivity index (χ0) is 20.8. The molecule has 2 aromatic heterocycles. The molecule has 1 amide bonds. The van der Waals surface area contributed by atoms with Crippen molar-refractivity contribution in [1.29, 1.82) is 0 Å². The minimum absolute atomic E-state index is 0.00546. The summed E-state index contributed by atoms with van der Waals surface area (Å²) >= 11 is 1.67. The molecule has 0 spiro atoms. The zero-order valence-electron chi connectivity index (χ0n) is 16.4. The Morgan fingerprint density at radius 3 is 2.53 bits per heavy atom. The van der Waals surface area contributed by atoms with Gasteiger partial charge in [0.2, 0.25) is 5.91 Å². The van der Waals surface area contributed by atoms with Crippen molar-refractivity contribution >= 4 is 33.8 Å². The molecule has 0 unspecified atom stereocenters. The second-order valence-electron chi connectivity index (χ2n) is 6.96. The minimum Gasteiger partial charge on any atom is -0.368 e. The molecular formula is C23H22N4O2S. The molecule has 0 radical (unpaired) electrons. The Kier molecular flexibility index (Phi) is 6.20. The fourth-order valence-electron chi connectivity index (χ4n) is 3.26. The Morgan fingerprint density at radius 1 is 0.967 bits per heavy atom. The van der Waals surface area contributed by atoms with Gasteiger partial charge in [0.25, 0.3) is 5.56 Å². The normalized spacial score (nSPS) is 10.8. The Bertz CT molecular complexity index is 1180. The highest BCUT2D eigenvalue weighted by Gasteiger charge is 2.06. The van der Waals surface area contributed by atoms with Crippen molar-refractivity contribution in [1.82, 2.24) is 15.5 Å². The van der Waals surface area contributed by atoms with Crippen LogP contribution in [0.25, 0.3) is 21.9 Å². The van der Waals surface area contributed by atoms with E-state index in [0.717, 1.165) is 22.9 Å². The number of benzene rings is 2. The molecule has 2 heterocycles. The second-order valence-corrected chi connectivity index (χ2v) is 7.74. The third kappa shape index (κ3) is 4.75. The van der Waals surface area contributed by atoms with Crippen LogP contribution < -0.4 is 16.2 Å². The smallest absolute Gasteiger partial charge is 0.272 e. The molecule has 152 valence electrons. The molecule has 30 heavy (non-hydrogen) atoms. The van der Waals surface area contributed by atoms with E-state index in [1.54, 1.807) is 17.4 Å². The van der Waals surface area contributed by atoms with E-state index in [9.17, 15) is 9.59 Å². The van der Waals surface area contributed by atoms with Crippen LogP contribution in [0.2, 0.25) is 0 Å². The monoisotopic (exact) mass is 418 g/mol. The summed E-state index contributed by atoms with van der Waals surface area (Å²) in [6.45, 7) is 1.21. The summed E-state index contributed by atoms with van der Waals surface area (Å²) in [7, 11) is 0. The minimum atomic E-state index is -0.202. The molecule has 0 saturated carbocycles. The van der Waals surface area contributed by atoms with Gasteiger partial charge in [0.1, 0.15) is 0 Å². The lowest BCUT2D eigenvalue weighted by atomic mass is 10.1. The Hall–Kier alpha value is -3.45. The molecule has 7 heteroatoms. The van der Waals surface area contributed by atoms with E-state index in [1.807, 2.05) is 30.3 Å². The molecule has 0 saturated heterocycles. The van der Waals surface area contributed by atoms with Crippen molar-refractivity contribution in [2.75, 3.05) is 18.4 Å². The summed E-state index contributed by atoms with van der Waals surface area (Å²) < 4.78 is 0. The number of amides is 1. The summed E-state index contributed by atoms with van der Waals surface area (Å²) in [5.74, 6) is 0.646. The van der Waals surface area contributed by atoms with Gasteiger partial charge in [-0.1, -0.05) is 42.5 Å². The predicted molar refractivity (Wildman–Crippen MR) is 122 cm³/mol. The number of thiophene rings is 1. The third-order valence-electron chi connectivity index (χ3n) is 4.84. The molecule has 6 nitrogen and oxygen atoms in total. The lowest BCUT2D eigenvalue weighted by molar-refractivity contribution is -0.120. The summed E-state index contributed by atoms with van der Waals surface area (Å²) in [4.78, 5) is 24.0. The van der Waals surface area contributed by atoms with Crippen LogP contribution in [0.3, 0.4) is 0 Å². The topological polar surface area (TPSA) is 86.9 Å². The van der Waals surface area contributed by atoms with E-state index < -0.39 is 0 Å². The highest BCUT2D eigenvalue weighted by molar-refractivity contribution is 7.08. The molecular weight excluding hydrogens is 396 g/mol. The van der Waals surface area contributed by atoms with Gasteiger partial charge in [-0.05, 0) is 46.0 Å². The van der Waals surface area contributed by atoms with Crippen molar-refractivity contribution in [2.24, 2.45) is 0 Å². The molecule has 4 rings (SSSR count). The lowest BCUT2D eigenvalue weighted by Gasteiger charge is -2.09. The lowest BCUT2D eigenvalue weighted by Crippen LogP contribution is -2.27. The summed E-state index contributed by atoms with van der Waals surface area (Å²) in [5.41, 5.74) is 3.16. The number of nitrogens with zero attached hydrogens (tertiary/aromatic N) is 1. The fourth-order valence-corrected chi connectivity index (χ4v) is 3.93. The molecule has 0 atom stereocenters. The van der Waals surface area contributed by atoms with Crippen molar-refractivity contribution < 1.29 is 4.79 Å². The molecule has 0 aliphatic heterocycles. The summed E-state index contributed by atoms with van der Waals surface area (Å²) in [6, 6.07) is 17.5. The Labute approximate surface area is 178 Å². The van der Waals surface area contributed by atoms with Gasteiger partial charge >= 0.3 is 0 Å². The van der Waals surface area contributed by atoms with Gasteiger partial charge in [-0.15, -0.1) is 0 Å². The van der Waals surface area contributed by atoms with Crippen LogP contribution in [0.5, 0.6) is 0 Å². The van der Waals surface area contributed by atoms with Crippen LogP contribution in [0.1, 0.15) is 12.0 Å². The van der Waals surface area contributed by atoms with Crippen LogP contribution in [-0.2, 0) is 11.2 Å². The average Bonchev–Trinajstić information content (AvgIpc) is 3.31. The number of carbonyl (C=O) groups is 1. The number of H-pyrrole nitrogens is 1. The Balaban J connectivity index is 1.22. The van der Waals surface area contributed by atoms with E-state index in [0.29, 0.717) is 30.7 Å². The average molecular weight is 419 g/mol. The molecule has 3 N–H and O–H groups in total. The number of fused-ring (bicyclic) bond motifs is 1. The molecule has 0 aliphatic carbocycles. The number of aromatic nitrogens is 2. The highest BCUT2D eigenvalue weighted by atomic mass is 32.1. The van der Waals surface area contributed by atoms with Crippen molar-refractivity contribution in [2.45, 2.75) is 12.8 Å². The Morgan fingerprint density at radius 2 is 1.77 bits per heavy atom. The number of rotatable bonds is 8. The fraction of sp³-hybridized carbons (Fsp3) is 0.174. The van der Waals surface area contributed by atoms with Gasteiger partial charge in [0.05, 0.1) is 11.8 Å². The maximum Gasteiger partial charge on any atom is 0.272 e. The van der Waals surface area contributed by atoms with E-state index in [2.05, 4.69) is 49.8 Å². The van der Waals surface area contributed by atoms with Crippen LogP contribution in [0.15, 0.2) is 70.2 Å². The van der Waals surface area contributed by atoms with Crippen molar-refractivity contribution in [3.8, 4) is 11.1 Å². The van der Waals surface area contributed by atoms with E-state index in [-0.39, 0.29) is 11.5 Å². The van der Waals surface area contributed by atoms with Gasteiger partial charge < -0.3 is 10.6 Å². The van der Waals surface area contributed by atoms with E-state index >= 15 is 0 Å².